The van der Waals surface area contributed by atoms with E-state index in [-0.39, 0.29) is 61.4 Å². The van der Waals surface area contributed by atoms with E-state index in [1.807, 2.05) is 19.2 Å². The molecular formula is C39H64N6O12+2. The number of piperidine rings is 1. The first-order valence-corrected chi connectivity index (χ1v) is 20.5. The second-order valence-corrected chi connectivity index (χ2v) is 17.3. The van der Waals surface area contributed by atoms with E-state index in [1.54, 1.807) is 7.05 Å². The Labute approximate surface area is 332 Å². The Hall–Kier alpha value is -2.91. The van der Waals surface area contributed by atoms with Crippen LogP contribution < -0.4 is 27.1 Å². The lowest BCUT2D eigenvalue weighted by molar-refractivity contribution is -0.699. The Kier molecular flexibility index (Phi) is 13.6. The van der Waals surface area contributed by atoms with E-state index in [4.69, 9.17) is 25.7 Å². The summed E-state index contributed by atoms with van der Waals surface area (Å²) in [4.78, 5) is 58.4. The molecule has 0 spiro atoms. The number of guanidine groups is 1. The van der Waals surface area contributed by atoms with Gasteiger partial charge in [-0.25, -0.2) is 0 Å². The zero-order chi connectivity index (χ0) is 41.5. The summed E-state index contributed by atoms with van der Waals surface area (Å²) in [5.74, 6) is -6.37. The fraction of sp³-hybridized carbons (Fsp3) is 0.821. The molecule has 3 aliphatic heterocycles. The van der Waals surface area contributed by atoms with Crippen LogP contribution in [0.25, 0.3) is 0 Å². The van der Waals surface area contributed by atoms with E-state index in [1.165, 1.54) is 7.11 Å². The van der Waals surface area contributed by atoms with Crippen molar-refractivity contribution in [3.05, 3.63) is 12.2 Å². The summed E-state index contributed by atoms with van der Waals surface area (Å²) < 4.78 is 18.4. The van der Waals surface area contributed by atoms with Crippen molar-refractivity contribution in [3.8, 4) is 0 Å². The minimum atomic E-state index is -2.27. The van der Waals surface area contributed by atoms with Crippen molar-refractivity contribution in [1.82, 2.24) is 10.2 Å². The summed E-state index contributed by atoms with van der Waals surface area (Å²) >= 11 is 0. The molecule has 6 aliphatic rings. The van der Waals surface area contributed by atoms with Crippen molar-refractivity contribution in [1.29, 1.82) is 0 Å². The maximum Gasteiger partial charge on any atom is 0.340 e. The number of aliphatic hydroxyl groups excluding tert-OH is 4. The Bertz CT molecular complexity index is 1540. The van der Waals surface area contributed by atoms with Gasteiger partial charge in [0.25, 0.3) is 11.8 Å². The number of carbonyl (C=O) groups is 4. The van der Waals surface area contributed by atoms with Gasteiger partial charge >= 0.3 is 5.96 Å². The summed E-state index contributed by atoms with van der Waals surface area (Å²) in [6.45, 7) is 3.92. The number of rotatable bonds is 12. The van der Waals surface area contributed by atoms with Crippen molar-refractivity contribution >= 4 is 29.3 Å². The zero-order valence-corrected chi connectivity index (χ0v) is 33.3. The molecule has 5 fully saturated rings. The number of nitrogens with two attached hydrogens (primary N) is 3. The van der Waals surface area contributed by atoms with Crippen molar-refractivity contribution in [2.75, 3.05) is 40.4 Å². The zero-order valence-electron chi connectivity index (χ0n) is 33.3. The maximum atomic E-state index is 14.8. The third-order valence-electron chi connectivity index (χ3n) is 14.3. The fourth-order valence-electron chi connectivity index (χ4n) is 11.2. The first-order valence-electron chi connectivity index (χ1n) is 20.5. The molecule has 57 heavy (non-hydrogen) atoms. The number of ketones is 2. The molecule has 320 valence electrons. The van der Waals surface area contributed by atoms with Gasteiger partial charge in [0.15, 0.2) is 6.29 Å². The number of fused-ring (bicyclic) bond motifs is 2. The van der Waals surface area contributed by atoms with Gasteiger partial charge in [-0.15, -0.1) is 0 Å². The van der Waals surface area contributed by atoms with Gasteiger partial charge < -0.3 is 45.1 Å². The molecule has 18 heteroatoms. The molecule has 3 saturated carbocycles. The molecule has 3 heterocycles. The van der Waals surface area contributed by atoms with E-state index in [2.05, 4.69) is 10.3 Å². The number of nitrogens with zero attached hydrogens (tertiary/aromatic N) is 1. The van der Waals surface area contributed by atoms with Gasteiger partial charge in [-0.2, -0.15) is 0 Å². The van der Waals surface area contributed by atoms with Crippen LogP contribution in [0.4, 0.5) is 0 Å². The molecule has 2 saturated heterocycles. The molecule has 3 aliphatic carbocycles. The van der Waals surface area contributed by atoms with Crippen LogP contribution in [0.15, 0.2) is 12.2 Å². The van der Waals surface area contributed by atoms with E-state index >= 15 is 0 Å². The SMILES string of the molecule is CCC1C(OC)CC(OC2OC(CO)C(O)(CC(CN3C(=O)C=CC3=O)C3CC[NH2+]C(N)C3)C(O)C2O)C2C(=O)C3C(CC(C)C(CNC(N)=[NH+]C)C3O)C(=O)C12. The van der Waals surface area contributed by atoms with Crippen LogP contribution in [0.1, 0.15) is 52.4 Å². The number of quaternary nitrogens is 1. The van der Waals surface area contributed by atoms with E-state index in [9.17, 15) is 44.7 Å². The number of amides is 2. The maximum absolute atomic E-state index is 14.8. The van der Waals surface area contributed by atoms with Gasteiger partial charge in [0, 0.05) is 56.4 Å². The topological polar surface area (TPSA) is 295 Å². The number of ether oxygens (including phenoxy) is 3. The van der Waals surface area contributed by atoms with Crippen molar-refractivity contribution in [2.24, 2.45) is 64.7 Å². The van der Waals surface area contributed by atoms with Crippen LogP contribution in [-0.4, -0.2) is 155 Å². The Morgan fingerprint density at radius 1 is 1.05 bits per heavy atom. The molecule has 18 atom stereocenters. The number of methoxy groups -OCH3 is 1. The van der Waals surface area contributed by atoms with Crippen LogP contribution in [0.2, 0.25) is 0 Å². The molecule has 0 aromatic rings. The molecule has 13 N–H and O–H groups in total. The quantitative estimate of drug-likeness (QED) is 0.0500. The second kappa shape index (κ2) is 17.7. The normalized spacial score (nSPS) is 44.5. The largest absolute Gasteiger partial charge is 0.394 e. The highest BCUT2D eigenvalue weighted by atomic mass is 16.7. The minimum Gasteiger partial charge on any atom is -0.394 e. The average Bonchev–Trinajstić information content (AvgIpc) is 3.51. The number of Topliss-reactive ketones (excluding diaryl/α,β-unsaturated/α-hetero) is 2. The van der Waals surface area contributed by atoms with Crippen LogP contribution in [0, 0.1) is 53.3 Å². The summed E-state index contributed by atoms with van der Waals surface area (Å²) in [5, 5.41) is 63.1. The van der Waals surface area contributed by atoms with Crippen molar-refractivity contribution in [3.63, 3.8) is 0 Å². The standard InChI is InChI=1S/C39H62N6O12/c1-5-20-23(55-4)12-24(31-29(20)32(49)21-10-17(2)22(14-44-38(41)42-3)33(50)30(21)34(31)51)56-37-35(52)36(53)39(54,25(16-46)57-37)13-19(18-8-9-43-26(40)11-18)15-45-27(47)6-7-28(45)48/h6-7,17-26,29-31,33,35-37,43,46,50,52-54H,5,8-16,40H2,1-4H3,(H3,41,42,44)/p+2. The number of imide groups is 1. The number of hydrogen-bond acceptors (Lipinski definition) is 13. The Balaban J connectivity index is 1.26. The fourth-order valence-corrected chi connectivity index (χ4v) is 11.2. The minimum absolute atomic E-state index is 0.0889. The van der Waals surface area contributed by atoms with Crippen LogP contribution in [0.3, 0.4) is 0 Å². The number of nitrogens with one attached hydrogen (secondary N) is 2. The third kappa shape index (κ3) is 8.19. The van der Waals surface area contributed by atoms with Crippen LogP contribution in [-0.2, 0) is 33.4 Å². The second-order valence-electron chi connectivity index (χ2n) is 17.3. The molecular weight excluding hydrogens is 744 g/mol. The number of aliphatic hydroxyl groups is 5. The highest BCUT2D eigenvalue weighted by Gasteiger charge is 2.64. The summed E-state index contributed by atoms with van der Waals surface area (Å²) in [7, 11) is 3.17. The predicted molar refractivity (Wildman–Crippen MR) is 200 cm³/mol. The number of hydrogen-bond donors (Lipinski definition) is 10. The lowest BCUT2D eigenvalue weighted by atomic mass is 9.51. The van der Waals surface area contributed by atoms with E-state index < -0.39 is 102 Å². The van der Waals surface area contributed by atoms with E-state index in [0.717, 1.165) is 17.1 Å². The van der Waals surface area contributed by atoms with Gasteiger partial charge in [-0.05, 0) is 42.9 Å². The van der Waals surface area contributed by atoms with E-state index in [0.29, 0.717) is 38.2 Å². The Morgan fingerprint density at radius 3 is 2.37 bits per heavy atom. The summed E-state index contributed by atoms with van der Waals surface area (Å²) in [6.07, 6.45) is -5.78. The van der Waals surface area contributed by atoms with Gasteiger partial charge in [0.05, 0.1) is 56.9 Å². The highest BCUT2D eigenvalue weighted by molar-refractivity contribution is 6.12. The molecule has 18 nitrogen and oxygen atoms in total. The number of carbonyl (C=O) groups excluding carboxylic acids is 4. The van der Waals surface area contributed by atoms with Crippen molar-refractivity contribution < 1.29 is 69.2 Å². The molecule has 0 bridgehead atoms. The first-order chi connectivity index (χ1) is 27.1. The Morgan fingerprint density at radius 2 is 1.75 bits per heavy atom. The molecule has 0 radical (unpaired) electrons. The van der Waals surface area contributed by atoms with Crippen molar-refractivity contribution in [2.45, 2.75) is 107 Å². The van der Waals surface area contributed by atoms with Gasteiger partial charge in [0.2, 0.25) is 0 Å². The summed E-state index contributed by atoms with van der Waals surface area (Å²) in [6, 6.07) is 0. The molecule has 0 aromatic carbocycles. The lowest BCUT2D eigenvalue weighted by Crippen LogP contribution is -2.94. The molecule has 2 amide bonds. The molecule has 6 rings (SSSR count). The van der Waals surface area contributed by atoms with Crippen LogP contribution in [0.5, 0.6) is 0 Å². The van der Waals surface area contributed by atoms with Gasteiger partial charge in [-0.3, -0.25) is 45.9 Å². The molecule has 0 aromatic heterocycles. The smallest absolute Gasteiger partial charge is 0.340 e. The average molecular weight is 809 g/mol. The molecule has 18 unspecified atom stereocenters. The van der Waals surface area contributed by atoms with Crippen LogP contribution >= 0.6 is 0 Å². The van der Waals surface area contributed by atoms with Gasteiger partial charge in [0.1, 0.15) is 41.6 Å². The third-order valence-corrected chi connectivity index (χ3v) is 14.3. The van der Waals surface area contributed by atoms with Gasteiger partial charge in [-0.1, -0.05) is 20.3 Å². The first kappa shape index (κ1) is 43.7. The predicted octanol–water partition coefficient (Wildman–Crippen LogP) is -5.58. The highest BCUT2D eigenvalue weighted by Crippen LogP contribution is 2.53. The summed E-state index contributed by atoms with van der Waals surface area (Å²) in [5.41, 5.74) is 9.91. The monoisotopic (exact) mass is 808 g/mol. The lowest BCUT2D eigenvalue weighted by Gasteiger charge is -2.55.